The van der Waals surface area contributed by atoms with E-state index in [1.165, 1.54) is 12.1 Å². The smallest absolute Gasteiger partial charge is 0.231 e. The highest BCUT2D eigenvalue weighted by atomic mass is 19.1. The van der Waals surface area contributed by atoms with Gasteiger partial charge in [-0.2, -0.15) is 0 Å². The van der Waals surface area contributed by atoms with Crippen LogP contribution in [-0.2, 0) is 17.8 Å². The molecule has 0 atom stereocenters. The zero-order valence-corrected chi connectivity index (χ0v) is 13.7. The molecule has 0 bridgehead atoms. The van der Waals surface area contributed by atoms with Crippen molar-refractivity contribution < 1.29 is 23.2 Å². The highest BCUT2D eigenvalue weighted by molar-refractivity contribution is 5.78. The van der Waals surface area contributed by atoms with Crippen LogP contribution in [0.3, 0.4) is 0 Å². The zero-order valence-electron chi connectivity index (χ0n) is 13.7. The van der Waals surface area contributed by atoms with E-state index in [-0.39, 0.29) is 24.9 Å². The fraction of sp³-hybridized carbons (Fsp3) is 0.158. The molecule has 26 heavy (non-hydrogen) atoms. The maximum atomic E-state index is 13.0. The second-order valence-corrected chi connectivity index (χ2v) is 5.83. The van der Waals surface area contributed by atoms with Gasteiger partial charge < -0.3 is 19.3 Å². The SMILES string of the molecule is O=C(Cc1cc(-c2ccc(F)cc2)on1)NCc1ccc2c(c1)OCO2. The lowest BCUT2D eigenvalue weighted by atomic mass is 10.1. The molecule has 0 spiro atoms. The third-order valence-corrected chi connectivity index (χ3v) is 3.96. The van der Waals surface area contributed by atoms with E-state index in [0.717, 1.165) is 5.56 Å². The van der Waals surface area contributed by atoms with E-state index in [2.05, 4.69) is 10.5 Å². The van der Waals surface area contributed by atoms with Crippen LogP contribution >= 0.6 is 0 Å². The van der Waals surface area contributed by atoms with Crippen LogP contribution in [0.25, 0.3) is 11.3 Å². The van der Waals surface area contributed by atoms with Gasteiger partial charge in [0.2, 0.25) is 12.7 Å². The molecule has 0 aliphatic carbocycles. The number of nitrogens with zero attached hydrogens (tertiary/aromatic N) is 1. The molecule has 0 unspecified atom stereocenters. The number of aromatic nitrogens is 1. The number of benzene rings is 2. The second kappa shape index (κ2) is 6.87. The maximum Gasteiger partial charge on any atom is 0.231 e. The number of amides is 1. The van der Waals surface area contributed by atoms with Gasteiger partial charge in [0.15, 0.2) is 17.3 Å². The predicted octanol–water partition coefficient (Wildman–Crippen LogP) is 3.07. The van der Waals surface area contributed by atoms with Gasteiger partial charge >= 0.3 is 0 Å². The predicted molar refractivity (Wildman–Crippen MR) is 90.0 cm³/mol. The van der Waals surface area contributed by atoms with E-state index in [9.17, 15) is 9.18 Å². The molecule has 1 aliphatic rings. The number of carbonyl (C=O) groups excluding carboxylic acids is 1. The largest absolute Gasteiger partial charge is 0.454 e. The summed E-state index contributed by atoms with van der Waals surface area (Å²) < 4.78 is 28.8. The molecule has 0 radical (unpaired) electrons. The Balaban J connectivity index is 1.34. The minimum Gasteiger partial charge on any atom is -0.454 e. The first-order valence-electron chi connectivity index (χ1n) is 8.04. The summed E-state index contributed by atoms with van der Waals surface area (Å²) in [5.41, 5.74) is 2.12. The van der Waals surface area contributed by atoms with Crippen LogP contribution in [0.5, 0.6) is 11.5 Å². The van der Waals surface area contributed by atoms with E-state index >= 15 is 0 Å². The third-order valence-electron chi connectivity index (χ3n) is 3.96. The Kier molecular flexibility index (Phi) is 4.27. The van der Waals surface area contributed by atoms with Gasteiger partial charge in [-0.05, 0) is 42.0 Å². The number of hydrogen-bond acceptors (Lipinski definition) is 5. The van der Waals surface area contributed by atoms with Gasteiger partial charge in [0.05, 0.1) is 12.1 Å². The van der Waals surface area contributed by atoms with E-state index in [1.807, 2.05) is 18.2 Å². The van der Waals surface area contributed by atoms with E-state index in [1.54, 1.807) is 18.2 Å². The lowest BCUT2D eigenvalue weighted by Gasteiger charge is -2.05. The summed E-state index contributed by atoms with van der Waals surface area (Å²) in [4.78, 5) is 12.1. The van der Waals surface area contributed by atoms with Gasteiger partial charge in [0.1, 0.15) is 5.82 Å². The zero-order chi connectivity index (χ0) is 17.9. The summed E-state index contributed by atoms with van der Waals surface area (Å²) in [6, 6.07) is 13.1. The number of carbonyl (C=O) groups is 1. The lowest BCUT2D eigenvalue weighted by Crippen LogP contribution is -2.24. The van der Waals surface area contributed by atoms with Crippen LogP contribution in [-0.4, -0.2) is 17.9 Å². The van der Waals surface area contributed by atoms with Gasteiger partial charge in [-0.25, -0.2) is 4.39 Å². The summed E-state index contributed by atoms with van der Waals surface area (Å²) >= 11 is 0. The van der Waals surface area contributed by atoms with Crippen molar-refractivity contribution in [2.24, 2.45) is 0 Å². The molecule has 0 fully saturated rings. The highest BCUT2D eigenvalue weighted by Gasteiger charge is 2.14. The Morgan fingerprint density at radius 2 is 1.88 bits per heavy atom. The molecule has 6 nitrogen and oxygen atoms in total. The van der Waals surface area contributed by atoms with E-state index in [0.29, 0.717) is 35.1 Å². The number of halogens is 1. The number of ether oxygens (including phenoxy) is 2. The van der Waals surface area contributed by atoms with Gasteiger partial charge in [-0.3, -0.25) is 4.79 Å². The summed E-state index contributed by atoms with van der Waals surface area (Å²) in [6.45, 7) is 0.589. The van der Waals surface area contributed by atoms with Crippen LogP contribution in [0.15, 0.2) is 53.1 Å². The monoisotopic (exact) mass is 354 g/mol. The quantitative estimate of drug-likeness (QED) is 0.762. The maximum absolute atomic E-state index is 13.0. The van der Waals surface area contributed by atoms with Gasteiger partial charge in [-0.15, -0.1) is 0 Å². The molecule has 1 aliphatic heterocycles. The molecule has 0 saturated carbocycles. The number of rotatable bonds is 5. The molecule has 4 rings (SSSR count). The Morgan fingerprint density at radius 3 is 2.73 bits per heavy atom. The van der Waals surface area contributed by atoms with Crippen LogP contribution in [0.4, 0.5) is 4.39 Å². The molecule has 132 valence electrons. The summed E-state index contributed by atoms with van der Waals surface area (Å²) in [5.74, 6) is 1.37. The van der Waals surface area contributed by atoms with Crippen molar-refractivity contribution in [1.29, 1.82) is 0 Å². The standard InChI is InChI=1S/C19H15FN2O4/c20-14-4-2-13(3-5-14)17-8-15(22-26-17)9-19(23)21-10-12-1-6-16-18(7-12)25-11-24-16/h1-8H,9-11H2,(H,21,23). The minimum atomic E-state index is -0.323. The molecule has 1 N–H and O–H groups in total. The molecule has 2 heterocycles. The van der Waals surface area contributed by atoms with E-state index < -0.39 is 0 Å². The molecule has 1 aromatic heterocycles. The topological polar surface area (TPSA) is 73.6 Å². The lowest BCUT2D eigenvalue weighted by molar-refractivity contribution is -0.120. The number of fused-ring (bicyclic) bond motifs is 1. The fourth-order valence-electron chi connectivity index (χ4n) is 2.62. The van der Waals surface area contributed by atoms with Crippen LogP contribution in [0.1, 0.15) is 11.3 Å². The second-order valence-electron chi connectivity index (χ2n) is 5.83. The third kappa shape index (κ3) is 3.51. The Morgan fingerprint density at radius 1 is 1.08 bits per heavy atom. The molecular weight excluding hydrogens is 339 g/mol. The van der Waals surface area contributed by atoms with Crippen LogP contribution < -0.4 is 14.8 Å². The Bertz CT molecular complexity index is 937. The summed E-state index contributed by atoms with van der Waals surface area (Å²) in [6.07, 6.45) is 0.0925. The van der Waals surface area contributed by atoms with E-state index in [4.69, 9.17) is 14.0 Å². The first kappa shape index (κ1) is 16.1. The Hall–Kier alpha value is -3.35. The van der Waals surface area contributed by atoms with Crippen molar-refractivity contribution in [2.45, 2.75) is 13.0 Å². The average Bonchev–Trinajstić information content (AvgIpc) is 3.29. The highest BCUT2D eigenvalue weighted by Crippen LogP contribution is 2.32. The molecular formula is C19H15FN2O4. The van der Waals surface area contributed by atoms with Crippen molar-refractivity contribution >= 4 is 5.91 Å². The van der Waals surface area contributed by atoms with Crippen molar-refractivity contribution in [2.75, 3.05) is 6.79 Å². The van der Waals surface area contributed by atoms with Gasteiger partial charge in [0.25, 0.3) is 0 Å². The molecule has 0 saturated heterocycles. The summed E-state index contributed by atoms with van der Waals surface area (Å²) in [7, 11) is 0. The number of nitrogens with one attached hydrogen (secondary N) is 1. The van der Waals surface area contributed by atoms with Gasteiger partial charge in [0, 0.05) is 18.2 Å². The molecule has 3 aromatic rings. The minimum absolute atomic E-state index is 0.0925. The Labute approximate surface area is 148 Å². The van der Waals surface area contributed by atoms with Crippen LogP contribution in [0, 0.1) is 5.82 Å². The fourth-order valence-corrected chi connectivity index (χ4v) is 2.62. The molecule has 2 aromatic carbocycles. The van der Waals surface area contributed by atoms with Crippen molar-refractivity contribution in [1.82, 2.24) is 10.5 Å². The normalized spacial score (nSPS) is 12.2. The molecule has 7 heteroatoms. The van der Waals surface area contributed by atoms with Crippen molar-refractivity contribution in [3.8, 4) is 22.8 Å². The molecule has 1 amide bonds. The first-order chi connectivity index (χ1) is 12.7. The number of hydrogen-bond donors (Lipinski definition) is 1. The summed E-state index contributed by atoms with van der Waals surface area (Å²) in [5, 5.41) is 6.72. The van der Waals surface area contributed by atoms with Gasteiger partial charge in [-0.1, -0.05) is 11.2 Å². The average molecular weight is 354 g/mol. The van der Waals surface area contributed by atoms with Crippen molar-refractivity contribution in [3.63, 3.8) is 0 Å². The first-order valence-corrected chi connectivity index (χ1v) is 8.04. The van der Waals surface area contributed by atoms with Crippen molar-refractivity contribution in [3.05, 3.63) is 65.6 Å². The van der Waals surface area contributed by atoms with Crippen LogP contribution in [0.2, 0.25) is 0 Å².